The van der Waals surface area contributed by atoms with Crippen LogP contribution < -0.4 is 5.32 Å². The van der Waals surface area contributed by atoms with E-state index in [1.54, 1.807) is 0 Å². The summed E-state index contributed by atoms with van der Waals surface area (Å²) in [6.45, 7) is 7.87. The van der Waals surface area contributed by atoms with Crippen molar-refractivity contribution in [1.29, 1.82) is 0 Å². The molecule has 0 saturated heterocycles. The van der Waals surface area contributed by atoms with Crippen molar-refractivity contribution in [3.8, 4) is 0 Å². The molecule has 0 bridgehead atoms. The van der Waals surface area contributed by atoms with Gasteiger partial charge in [0.25, 0.3) is 0 Å². The summed E-state index contributed by atoms with van der Waals surface area (Å²) < 4.78 is 4.69. The van der Waals surface area contributed by atoms with Crippen molar-refractivity contribution in [2.75, 3.05) is 13.7 Å². The van der Waals surface area contributed by atoms with Crippen molar-refractivity contribution in [1.82, 2.24) is 5.32 Å². The number of hydrogen-bond donors (Lipinski definition) is 2. The molecule has 0 aliphatic heterocycles. The van der Waals surface area contributed by atoms with Crippen LogP contribution in [0, 0.1) is 46.3 Å². The van der Waals surface area contributed by atoms with E-state index < -0.39 is 0 Å². The zero-order valence-corrected chi connectivity index (χ0v) is 19.3. The number of rotatable bonds is 4. The molecule has 0 aromatic carbocycles. The fourth-order valence-electron chi connectivity index (χ4n) is 8.56. The normalized spacial score (nSPS) is 46.4. The molecule has 0 aromatic heterocycles. The van der Waals surface area contributed by atoms with E-state index in [0.29, 0.717) is 48.3 Å². The first-order chi connectivity index (χ1) is 14.2. The average molecular weight is 420 g/mol. The Hall–Kier alpha value is -1.10. The molecule has 5 unspecified atom stereocenters. The fourth-order valence-corrected chi connectivity index (χ4v) is 8.56. The molecule has 9 atom stereocenters. The van der Waals surface area contributed by atoms with E-state index in [-0.39, 0.29) is 28.9 Å². The second kappa shape index (κ2) is 8.11. The highest BCUT2D eigenvalue weighted by Gasteiger charge is 2.62. The third-order valence-corrected chi connectivity index (χ3v) is 10.3. The van der Waals surface area contributed by atoms with Crippen molar-refractivity contribution in [2.45, 2.75) is 84.7 Å². The minimum Gasteiger partial charge on any atom is -0.453 e. The fraction of sp³-hybridized carbons (Fsp3) is 0.920. The van der Waals surface area contributed by atoms with Gasteiger partial charge in [0, 0.05) is 18.9 Å². The summed E-state index contributed by atoms with van der Waals surface area (Å²) in [5.41, 5.74) is 0.464. The van der Waals surface area contributed by atoms with Gasteiger partial charge in [-0.05, 0) is 91.8 Å². The predicted molar refractivity (Wildman–Crippen MR) is 116 cm³/mol. The molecule has 0 radical (unpaired) electrons. The first-order valence-corrected chi connectivity index (χ1v) is 12.2. The van der Waals surface area contributed by atoms with Crippen molar-refractivity contribution < 1.29 is 19.4 Å². The van der Waals surface area contributed by atoms with Crippen LogP contribution in [-0.4, -0.2) is 36.7 Å². The van der Waals surface area contributed by atoms with Crippen LogP contribution in [0.15, 0.2) is 0 Å². The lowest BCUT2D eigenvalue weighted by Gasteiger charge is -2.60. The topological polar surface area (TPSA) is 75.6 Å². The number of Topliss-reactive ketones (excluding diaryl/α,β-unsaturated/α-hetero) is 1. The lowest BCUT2D eigenvalue weighted by molar-refractivity contribution is -0.160. The number of methoxy groups -OCH3 is 1. The molecule has 4 saturated carbocycles. The zero-order chi connectivity index (χ0) is 21.7. The highest BCUT2D eigenvalue weighted by atomic mass is 16.5. The quantitative estimate of drug-likeness (QED) is 0.700. The number of carbonyl (C=O) groups is 2. The van der Waals surface area contributed by atoms with Gasteiger partial charge in [-0.2, -0.15) is 0 Å². The Morgan fingerprint density at radius 3 is 2.60 bits per heavy atom. The number of aliphatic hydroxyl groups excluding tert-OH is 1. The Balaban J connectivity index is 1.49. The van der Waals surface area contributed by atoms with Crippen LogP contribution in [-0.2, 0) is 9.53 Å². The Morgan fingerprint density at radius 2 is 1.87 bits per heavy atom. The van der Waals surface area contributed by atoms with Crippen LogP contribution in [0.2, 0.25) is 0 Å². The van der Waals surface area contributed by atoms with Gasteiger partial charge in [0.05, 0.1) is 13.2 Å². The van der Waals surface area contributed by atoms with Crippen LogP contribution >= 0.6 is 0 Å². The summed E-state index contributed by atoms with van der Waals surface area (Å²) in [6, 6.07) is 0. The second-order valence-electron chi connectivity index (χ2n) is 11.5. The van der Waals surface area contributed by atoms with Crippen LogP contribution in [0.3, 0.4) is 0 Å². The standard InChI is InChI=1S/C25H41NO4/c1-15(9-12-26-23(29)30-4)18-5-6-19-22-20(8-11-25(18,19)3)24(2)10-7-17(27)13-16(24)14-21(22)28/h15-20,22,27H,5-14H2,1-4H3,(H,26,29)/t15?,16?,17-,18-,19?,20?,22?,24+,25-/m1/s1. The molecule has 0 heterocycles. The molecule has 4 fully saturated rings. The third-order valence-electron chi connectivity index (χ3n) is 10.3. The van der Waals surface area contributed by atoms with Gasteiger partial charge in [-0.15, -0.1) is 0 Å². The molecule has 4 aliphatic carbocycles. The number of carbonyl (C=O) groups excluding carboxylic acids is 2. The first kappa shape index (κ1) is 22.1. The molecule has 2 N–H and O–H groups in total. The SMILES string of the molecule is COC(=O)NCCC(C)[C@H]1CCC2C3C(=O)CC4C[C@H](O)CC[C@]4(C)C3CC[C@@]21C. The molecule has 5 nitrogen and oxygen atoms in total. The predicted octanol–water partition coefficient (Wildman–Crippen LogP) is 4.57. The van der Waals surface area contributed by atoms with Crippen molar-refractivity contribution in [2.24, 2.45) is 46.3 Å². The van der Waals surface area contributed by atoms with Crippen molar-refractivity contribution in [3.63, 3.8) is 0 Å². The molecular weight excluding hydrogens is 378 g/mol. The highest BCUT2D eigenvalue weighted by molar-refractivity contribution is 5.83. The van der Waals surface area contributed by atoms with Gasteiger partial charge < -0.3 is 15.2 Å². The summed E-state index contributed by atoms with van der Waals surface area (Å²) in [6.07, 6.45) is 8.64. The van der Waals surface area contributed by atoms with Gasteiger partial charge in [-0.1, -0.05) is 20.8 Å². The summed E-state index contributed by atoms with van der Waals surface area (Å²) in [7, 11) is 1.40. The number of ketones is 1. The second-order valence-corrected chi connectivity index (χ2v) is 11.5. The van der Waals surface area contributed by atoms with Crippen LogP contribution in [0.4, 0.5) is 4.79 Å². The van der Waals surface area contributed by atoms with Gasteiger partial charge in [-0.25, -0.2) is 4.79 Å². The van der Waals surface area contributed by atoms with Gasteiger partial charge in [0.15, 0.2) is 0 Å². The first-order valence-electron chi connectivity index (χ1n) is 12.2. The molecule has 4 rings (SSSR count). The number of hydrogen-bond acceptors (Lipinski definition) is 4. The number of alkyl carbamates (subject to hydrolysis) is 1. The molecule has 0 aromatic rings. The maximum atomic E-state index is 13.4. The number of fused-ring (bicyclic) bond motifs is 5. The van der Waals surface area contributed by atoms with E-state index >= 15 is 0 Å². The monoisotopic (exact) mass is 419 g/mol. The molecule has 1 amide bonds. The van der Waals surface area contributed by atoms with Crippen LogP contribution in [0.5, 0.6) is 0 Å². The van der Waals surface area contributed by atoms with Crippen LogP contribution in [0.25, 0.3) is 0 Å². The van der Waals surface area contributed by atoms with E-state index in [4.69, 9.17) is 4.74 Å². The van der Waals surface area contributed by atoms with Crippen LogP contribution in [0.1, 0.15) is 78.6 Å². The summed E-state index contributed by atoms with van der Waals surface area (Å²) in [4.78, 5) is 24.8. The molecular formula is C25H41NO4. The molecule has 0 spiro atoms. The Bertz CT molecular complexity index is 680. The average Bonchev–Trinajstić information content (AvgIpc) is 3.06. The zero-order valence-electron chi connectivity index (χ0n) is 19.3. The molecule has 170 valence electrons. The van der Waals surface area contributed by atoms with E-state index in [1.807, 2.05) is 0 Å². The van der Waals surface area contributed by atoms with Gasteiger partial charge in [0.2, 0.25) is 0 Å². The number of ether oxygens (including phenoxy) is 1. The van der Waals surface area contributed by atoms with E-state index in [1.165, 1.54) is 26.4 Å². The Morgan fingerprint density at radius 1 is 1.17 bits per heavy atom. The third kappa shape index (κ3) is 3.49. The molecule has 30 heavy (non-hydrogen) atoms. The maximum Gasteiger partial charge on any atom is 0.406 e. The molecule has 5 heteroatoms. The molecule has 4 aliphatic rings. The minimum absolute atomic E-state index is 0.211. The lowest BCUT2D eigenvalue weighted by atomic mass is 9.44. The number of nitrogens with one attached hydrogen (secondary N) is 1. The van der Waals surface area contributed by atoms with Crippen molar-refractivity contribution in [3.05, 3.63) is 0 Å². The minimum atomic E-state index is -0.355. The summed E-state index contributed by atoms with van der Waals surface area (Å²) in [5, 5.41) is 13.0. The Kier molecular flexibility index (Phi) is 5.97. The largest absolute Gasteiger partial charge is 0.453 e. The maximum absolute atomic E-state index is 13.4. The van der Waals surface area contributed by atoms with E-state index in [0.717, 1.165) is 32.1 Å². The lowest BCUT2D eigenvalue weighted by Crippen LogP contribution is -2.57. The van der Waals surface area contributed by atoms with Crippen molar-refractivity contribution >= 4 is 11.9 Å². The van der Waals surface area contributed by atoms with Gasteiger partial charge >= 0.3 is 6.09 Å². The highest BCUT2D eigenvalue weighted by Crippen LogP contribution is 2.67. The Labute approximate surface area is 181 Å². The number of amides is 1. The van der Waals surface area contributed by atoms with Gasteiger partial charge in [0.1, 0.15) is 5.78 Å². The summed E-state index contributed by atoms with van der Waals surface area (Å²) >= 11 is 0. The van der Waals surface area contributed by atoms with E-state index in [2.05, 4.69) is 26.1 Å². The van der Waals surface area contributed by atoms with Gasteiger partial charge in [-0.3, -0.25) is 4.79 Å². The number of aliphatic hydroxyl groups is 1. The van der Waals surface area contributed by atoms with E-state index in [9.17, 15) is 14.7 Å². The summed E-state index contributed by atoms with van der Waals surface area (Å²) in [5.74, 6) is 3.26. The smallest absolute Gasteiger partial charge is 0.406 e.